The Morgan fingerprint density at radius 3 is 2.16 bits per heavy atom. The summed E-state index contributed by atoms with van der Waals surface area (Å²) in [5.41, 5.74) is 2.36. The molecule has 3 amide bonds. The minimum absolute atomic E-state index is 0.0656. The molecule has 2 saturated heterocycles. The van der Waals surface area contributed by atoms with Crippen LogP contribution in [-0.4, -0.2) is 90.8 Å². The molecule has 43 heavy (non-hydrogen) atoms. The molecule has 244 valence electrons. The van der Waals surface area contributed by atoms with Gasteiger partial charge in [0.1, 0.15) is 5.60 Å². The molecular formula is C33H57N5O5. The van der Waals surface area contributed by atoms with E-state index in [1.54, 1.807) is 9.80 Å². The first-order chi connectivity index (χ1) is 20.6. The summed E-state index contributed by atoms with van der Waals surface area (Å²) in [5.74, 6) is 1.05. The summed E-state index contributed by atoms with van der Waals surface area (Å²) in [7, 11) is 0. The van der Waals surface area contributed by atoms with Crippen molar-refractivity contribution in [2.24, 2.45) is 5.92 Å². The van der Waals surface area contributed by atoms with Crippen molar-refractivity contribution >= 4 is 24.1 Å². The number of carbonyl (C=O) groups excluding carboxylic acids is 3. The monoisotopic (exact) mass is 603 g/mol. The number of morpholine rings is 1. The van der Waals surface area contributed by atoms with Crippen LogP contribution in [0.1, 0.15) is 115 Å². The highest BCUT2D eigenvalue weighted by molar-refractivity contribution is 5.97. The van der Waals surface area contributed by atoms with Crippen LogP contribution in [-0.2, 0) is 14.3 Å². The Morgan fingerprint density at radius 1 is 1.05 bits per heavy atom. The van der Waals surface area contributed by atoms with E-state index in [0.717, 1.165) is 51.1 Å². The third-order valence-electron chi connectivity index (χ3n) is 6.98. The van der Waals surface area contributed by atoms with Gasteiger partial charge in [0.15, 0.2) is 5.69 Å². The van der Waals surface area contributed by atoms with E-state index in [0.29, 0.717) is 43.3 Å². The molecule has 0 bridgehead atoms. The average Bonchev–Trinajstić information content (AvgIpc) is 3.93. The zero-order chi connectivity index (χ0) is 31.8. The molecule has 0 radical (unpaired) electrons. The van der Waals surface area contributed by atoms with E-state index in [2.05, 4.69) is 35.5 Å². The SMILES string of the molecule is CC.CC(C)(C)OC(=O)N1CCCCC1.CC(C)CNC(=O)c1ncc(C2CC2)cc1NC1CC1.O=CN1CCOCC1. The molecule has 0 atom stereocenters. The normalized spacial score (nSPS) is 18.0. The van der Waals surface area contributed by atoms with Crippen LogP contribution in [0, 0.1) is 5.92 Å². The van der Waals surface area contributed by atoms with Crippen molar-refractivity contribution in [2.45, 2.75) is 111 Å². The first-order valence-corrected chi connectivity index (χ1v) is 16.4. The van der Waals surface area contributed by atoms with Crippen molar-refractivity contribution < 1.29 is 23.9 Å². The molecule has 4 aliphatic rings. The standard InChI is InChI=1S/C16H23N3O.C10H19NO2.C5H9NO2.C2H6/c1-10(2)8-18-16(20)15-14(19-13-5-6-13)7-12(9-17-15)11-3-4-11;1-10(2,3)13-9(12)11-7-5-4-6-8-11;7-5-6-1-3-8-4-2-6;1-2/h7,9-11,13,19H,3-6,8H2,1-2H3,(H,18,20);4-8H2,1-3H3;5H,1-4H2;1-2H3. The van der Waals surface area contributed by atoms with Crippen LogP contribution in [0.3, 0.4) is 0 Å². The van der Waals surface area contributed by atoms with Crippen molar-refractivity contribution in [1.82, 2.24) is 20.1 Å². The van der Waals surface area contributed by atoms with E-state index in [9.17, 15) is 14.4 Å². The first kappa shape index (κ1) is 36.3. The Hall–Kier alpha value is -2.88. The lowest BCUT2D eigenvalue weighted by Gasteiger charge is -2.29. The Morgan fingerprint density at radius 2 is 1.67 bits per heavy atom. The Balaban J connectivity index is 0.000000241. The predicted octanol–water partition coefficient (Wildman–Crippen LogP) is 5.83. The van der Waals surface area contributed by atoms with Gasteiger partial charge in [-0.2, -0.15) is 0 Å². The minimum Gasteiger partial charge on any atom is -0.444 e. The highest BCUT2D eigenvalue weighted by Gasteiger charge is 2.28. The maximum atomic E-state index is 12.3. The van der Waals surface area contributed by atoms with E-state index < -0.39 is 0 Å². The number of piperidine rings is 1. The zero-order valence-electron chi connectivity index (χ0n) is 27.7. The fourth-order valence-electron chi connectivity index (χ4n) is 4.33. The van der Waals surface area contributed by atoms with Gasteiger partial charge >= 0.3 is 6.09 Å². The van der Waals surface area contributed by atoms with Crippen molar-refractivity contribution in [3.05, 3.63) is 23.5 Å². The number of aromatic nitrogens is 1. The number of pyridine rings is 1. The van der Waals surface area contributed by atoms with Crippen molar-refractivity contribution in [1.29, 1.82) is 0 Å². The first-order valence-electron chi connectivity index (χ1n) is 16.4. The smallest absolute Gasteiger partial charge is 0.410 e. The van der Waals surface area contributed by atoms with Gasteiger partial charge in [0.25, 0.3) is 5.91 Å². The van der Waals surface area contributed by atoms with E-state index in [-0.39, 0.29) is 17.6 Å². The molecule has 2 saturated carbocycles. The topological polar surface area (TPSA) is 113 Å². The third-order valence-corrected chi connectivity index (χ3v) is 6.98. The number of nitrogens with zero attached hydrogens (tertiary/aromatic N) is 3. The Bertz CT molecular complexity index is 976. The van der Waals surface area contributed by atoms with Crippen molar-refractivity contribution in [3.8, 4) is 0 Å². The molecule has 1 aromatic rings. The summed E-state index contributed by atoms with van der Waals surface area (Å²) in [6.45, 7) is 19.2. The number of nitrogens with one attached hydrogen (secondary N) is 2. The number of hydrogen-bond donors (Lipinski definition) is 2. The van der Waals surface area contributed by atoms with Gasteiger partial charge in [0, 0.05) is 45.0 Å². The van der Waals surface area contributed by atoms with Gasteiger partial charge in [0.2, 0.25) is 6.41 Å². The second kappa shape index (κ2) is 18.7. The number of amides is 3. The van der Waals surface area contributed by atoms with Crippen LogP contribution in [0.4, 0.5) is 10.5 Å². The van der Waals surface area contributed by atoms with E-state index in [1.165, 1.54) is 37.7 Å². The summed E-state index contributed by atoms with van der Waals surface area (Å²) >= 11 is 0. The molecule has 0 spiro atoms. The number of likely N-dealkylation sites (tertiary alicyclic amines) is 1. The molecule has 2 aliphatic heterocycles. The van der Waals surface area contributed by atoms with Crippen LogP contribution < -0.4 is 10.6 Å². The molecule has 5 rings (SSSR count). The van der Waals surface area contributed by atoms with Gasteiger partial charge in [-0.25, -0.2) is 9.78 Å². The number of ether oxygens (including phenoxy) is 2. The maximum Gasteiger partial charge on any atom is 0.410 e. The fourth-order valence-corrected chi connectivity index (χ4v) is 4.33. The summed E-state index contributed by atoms with van der Waals surface area (Å²) in [6.07, 6.45) is 10.9. The summed E-state index contributed by atoms with van der Waals surface area (Å²) in [4.78, 5) is 41.7. The lowest BCUT2D eigenvalue weighted by Crippen LogP contribution is -2.39. The van der Waals surface area contributed by atoms with Crippen molar-refractivity contribution in [2.75, 3.05) is 51.3 Å². The van der Waals surface area contributed by atoms with Crippen LogP contribution >= 0.6 is 0 Å². The highest BCUT2D eigenvalue weighted by Crippen LogP contribution is 2.41. The predicted molar refractivity (Wildman–Crippen MR) is 171 cm³/mol. The quantitative estimate of drug-likeness (QED) is 0.377. The molecule has 2 aliphatic carbocycles. The second-order valence-electron chi connectivity index (χ2n) is 12.7. The summed E-state index contributed by atoms with van der Waals surface area (Å²) in [6, 6.07) is 2.66. The number of anilines is 1. The molecular weight excluding hydrogens is 546 g/mol. The fraction of sp³-hybridized carbons (Fsp3) is 0.758. The van der Waals surface area contributed by atoms with Crippen LogP contribution in [0.25, 0.3) is 0 Å². The molecule has 3 heterocycles. The Labute approximate surface area is 259 Å². The number of carbonyl (C=O) groups is 3. The molecule has 0 aromatic carbocycles. The van der Waals surface area contributed by atoms with Gasteiger partial charge in [0.05, 0.1) is 18.9 Å². The number of rotatable bonds is 7. The van der Waals surface area contributed by atoms with Gasteiger partial charge < -0.3 is 29.9 Å². The van der Waals surface area contributed by atoms with E-state index >= 15 is 0 Å². The molecule has 10 nitrogen and oxygen atoms in total. The zero-order valence-corrected chi connectivity index (χ0v) is 27.7. The highest BCUT2D eigenvalue weighted by atomic mass is 16.6. The number of hydrogen-bond acceptors (Lipinski definition) is 7. The van der Waals surface area contributed by atoms with Gasteiger partial charge in [-0.15, -0.1) is 0 Å². The van der Waals surface area contributed by atoms with E-state index in [4.69, 9.17) is 9.47 Å². The molecule has 4 fully saturated rings. The molecule has 0 unspecified atom stereocenters. The van der Waals surface area contributed by atoms with E-state index in [1.807, 2.05) is 40.8 Å². The Kier molecular flexibility index (Phi) is 15.8. The van der Waals surface area contributed by atoms with Gasteiger partial charge in [-0.1, -0.05) is 27.7 Å². The average molecular weight is 604 g/mol. The second-order valence-corrected chi connectivity index (χ2v) is 12.7. The largest absolute Gasteiger partial charge is 0.444 e. The molecule has 2 N–H and O–H groups in total. The van der Waals surface area contributed by atoms with Crippen LogP contribution in [0.15, 0.2) is 12.3 Å². The van der Waals surface area contributed by atoms with Gasteiger partial charge in [-0.3, -0.25) is 9.59 Å². The van der Waals surface area contributed by atoms with Crippen LogP contribution in [0.2, 0.25) is 0 Å². The van der Waals surface area contributed by atoms with Gasteiger partial charge in [-0.05, 0) is 89.2 Å². The third kappa shape index (κ3) is 14.9. The molecule has 1 aromatic heterocycles. The minimum atomic E-state index is -0.367. The maximum absolute atomic E-state index is 12.3. The van der Waals surface area contributed by atoms with Crippen molar-refractivity contribution in [3.63, 3.8) is 0 Å². The van der Waals surface area contributed by atoms with Crippen LogP contribution in [0.5, 0.6) is 0 Å². The summed E-state index contributed by atoms with van der Waals surface area (Å²) < 4.78 is 10.3. The summed E-state index contributed by atoms with van der Waals surface area (Å²) in [5, 5.41) is 6.41. The lowest BCUT2D eigenvalue weighted by molar-refractivity contribution is -0.121. The molecule has 10 heteroatoms. The lowest BCUT2D eigenvalue weighted by atomic mass is 10.1.